The molecule has 0 aliphatic rings. The molecular formula is C6H14N2OP+. The molecule has 0 bridgehead atoms. The molecule has 1 atom stereocenters. The Hall–Kier alpha value is -0.560. The molecule has 0 heterocycles. The molecule has 3 nitrogen and oxygen atoms in total. The molecule has 0 spiro atoms. The summed E-state index contributed by atoms with van der Waals surface area (Å²) in [6.07, 6.45) is 3.64. The van der Waals surface area contributed by atoms with Crippen molar-refractivity contribution in [2.45, 2.75) is 0 Å². The molecule has 1 N–H and O–H groups in total. The summed E-state index contributed by atoms with van der Waals surface area (Å²) >= 11 is 0. The molecule has 58 valence electrons. The Labute approximate surface area is 64.1 Å². The lowest BCUT2D eigenvalue weighted by Crippen LogP contribution is -2.04. The van der Waals surface area contributed by atoms with Crippen LogP contribution in [0.15, 0.2) is 12.0 Å². The van der Waals surface area contributed by atoms with Crippen LogP contribution >= 0.6 is 9.47 Å². The molecule has 0 aromatic rings. The predicted molar refractivity (Wildman–Crippen MR) is 46.1 cm³/mol. The summed E-state index contributed by atoms with van der Waals surface area (Å²) < 4.78 is 6.83. The lowest BCUT2D eigenvalue weighted by Gasteiger charge is -1.95. The highest BCUT2D eigenvalue weighted by Gasteiger charge is 1.93. The van der Waals surface area contributed by atoms with Gasteiger partial charge in [0.05, 0.1) is 9.47 Å². The Kier molecular flexibility index (Phi) is 4.95. The third-order valence-electron chi connectivity index (χ3n) is 0.808. The van der Waals surface area contributed by atoms with E-state index in [9.17, 15) is 0 Å². The van der Waals surface area contributed by atoms with Gasteiger partial charge in [-0.1, -0.05) is 0 Å². The first-order chi connectivity index (χ1) is 4.70. The fourth-order valence-electron chi connectivity index (χ4n) is 0.498. The summed E-state index contributed by atoms with van der Waals surface area (Å²) in [7, 11) is 7.89. The maximum absolute atomic E-state index is 4.92. The molecule has 0 amide bonds. The number of nitrogens with one attached hydrogen (secondary N) is 1. The van der Waals surface area contributed by atoms with Crippen molar-refractivity contribution in [1.29, 1.82) is 0 Å². The highest BCUT2D eigenvalue weighted by Crippen LogP contribution is 1.96. The van der Waals surface area contributed by atoms with Gasteiger partial charge in [-0.25, -0.2) is 4.58 Å². The quantitative estimate of drug-likeness (QED) is 0.277. The van der Waals surface area contributed by atoms with E-state index in [4.69, 9.17) is 4.52 Å². The molecule has 0 saturated carbocycles. The van der Waals surface area contributed by atoms with Crippen molar-refractivity contribution >= 4 is 15.7 Å². The average Bonchev–Trinajstić information content (AvgIpc) is 1.86. The van der Waals surface area contributed by atoms with Crippen LogP contribution in [-0.4, -0.2) is 31.9 Å². The normalized spacial score (nSPS) is 10.6. The molecule has 0 saturated heterocycles. The van der Waals surface area contributed by atoms with Crippen LogP contribution in [0.4, 0.5) is 0 Å². The Balaban J connectivity index is 4.09. The minimum Gasteiger partial charge on any atom is -0.473 e. The van der Waals surface area contributed by atoms with E-state index in [0.29, 0.717) is 0 Å². The molecule has 0 aliphatic heterocycles. The SMILES string of the molecule is CN/C=C(/C=[N+](C)C)OP. The average molecular weight is 161 g/mol. The molecule has 0 radical (unpaired) electrons. The Morgan fingerprint density at radius 3 is 2.50 bits per heavy atom. The number of hydrogen-bond donors (Lipinski definition) is 1. The van der Waals surface area contributed by atoms with Gasteiger partial charge in [-0.2, -0.15) is 0 Å². The van der Waals surface area contributed by atoms with Gasteiger partial charge in [-0.05, 0) is 0 Å². The molecule has 4 heteroatoms. The largest absolute Gasteiger partial charge is 0.473 e. The standard InChI is InChI=1S/C6H13N2OP/c1-7-4-6(9-10)5-8(2)3/h4-5H,10H2,1-3H3/p+1. The second kappa shape index (κ2) is 5.24. The van der Waals surface area contributed by atoms with Crippen LogP contribution in [0.5, 0.6) is 0 Å². The van der Waals surface area contributed by atoms with Crippen LogP contribution < -0.4 is 5.32 Å². The van der Waals surface area contributed by atoms with E-state index in [2.05, 4.69) is 14.8 Å². The molecular weight excluding hydrogens is 147 g/mol. The third-order valence-corrected chi connectivity index (χ3v) is 1.08. The van der Waals surface area contributed by atoms with Gasteiger partial charge in [0.15, 0.2) is 0 Å². The van der Waals surface area contributed by atoms with Crippen LogP contribution in [-0.2, 0) is 4.52 Å². The molecule has 10 heavy (non-hydrogen) atoms. The highest BCUT2D eigenvalue weighted by molar-refractivity contribution is 7.10. The topological polar surface area (TPSA) is 24.3 Å². The third kappa shape index (κ3) is 4.33. The summed E-state index contributed by atoms with van der Waals surface area (Å²) in [6.45, 7) is 0. The summed E-state index contributed by atoms with van der Waals surface area (Å²) in [5, 5.41) is 2.87. The smallest absolute Gasteiger partial charge is 0.207 e. The molecule has 0 aliphatic carbocycles. The summed E-state index contributed by atoms with van der Waals surface area (Å²) in [4.78, 5) is 0. The van der Waals surface area contributed by atoms with Gasteiger partial charge in [0, 0.05) is 13.2 Å². The highest BCUT2D eigenvalue weighted by atomic mass is 31.0. The van der Waals surface area contributed by atoms with E-state index in [1.165, 1.54) is 0 Å². The Bertz CT molecular complexity index is 150. The molecule has 0 rings (SSSR count). The van der Waals surface area contributed by atoms with Crippen molar-refractivity contribution < 1.29 is 9.10 Å². The van der Waals surface area contributed by atoms with Crippen LogP contribution in [0.2, 0.25) is 0 Å². The van der Waals surface area contributed by atoms with Crippen molar-refractivity contribution in [2.24, 2.45) is 0 Å². The van der Waals surface area contributed by atoms with E-state index in [1.807, 2.05) is 31.9 Å². The van der Waals surface area contributed by atoms with Crippen molar-refractivity contribution in [3.63, 3.8) is 0 Å². The maximum atomic E-state index is 4.92. The van der Waals surface area contributed by atoms with Crippen LogP contribution in [0.1, 0.15) is 0 Å². The minimum atomic E-state index is 0.775. The maximum Gasteiger partial charge on any atom is 0.207 e. The van der Waals surface area contributed by atoms with Gasteiger partial charge in [0.2, 0.25) is 12.0 Å². The zero-order valence-electron chi connectivity index (χ0n) is 6.59. The van der Waals surface area contributed by atoms with Crippen molar-refractivity contribution in [3.05, 3.63) is 12.0 Å². The van der Waals surface area contributed by atoms with E-state index in [0.717, 1.165) is 5.76 Å². The summed E-state index contributed by atoms with van der Waals surface area (Å²) in [6, 6.07) is 0. The summed E-state index contributed by atoms with van der Waals surface area (Å²) in [5.41, 5.74) is 0. The fourth-order valence-corrected chi connectivity index (χ4v) is 0.627. The number of hydrogen-bond acceptors (Lipinski definition) is 2. The first-order valence-corrected chi connectivity index (χ1v) is 3.43. The second-order valence-corrected chi connectivity index (χ2v) is 2.28. The monoisotopic (exact) mass is 161 g/mol. The lowest BCUT2D eigenvalue weighted by molar-refractivity contribution is -0.459. The number of rotatable bonds is 3. The first-order valence-electron chi connectivity index (χ1n) is 2.96. The van der Waals surface area contributed by atoms with Gasteiger partial charge in [-0.15, -0.1) is 0 Å². The number of allylic oxidation sites excluding steroid dienone is 1. The van der Waals surface area contributed by atoms with E-state index in [1.54, 1.807) is 6.20 Å². The van der Waals surface area contributed by atoms with Crippen molar-refractivity contribution in [3.8, 4) is 0 Å². The zero-order chi connectivity index (χ0) is 7.98. The van der Waals surface area contributed by atoms with Gasteiger partial charge in [-0.3, -0.25) is 0 Å². The van der Waals surface area contributed by atoms with E-state index >= 15 is 0 Å². The Morgan fingerprint density at radius 2 is 2.20 bits per heavy atom. The predicted octanol–water partition coefficient (Wildman–Crippen LogP) is 0.197. The van der Waals surface area contributed by atoms with Crippen molar-refractivity contribution in [2.75, 3.05) is 21.1 Å². The van der Waals surface area contributed by atoms with Gasteiger partial charge >= 0.3 is 0 Å². The van der Waals surface area contributed by atoms with E-state index in [-0.39, 0.29) is 0 Å². The molecule has 0 aromatic carbocycles. The molecule has 0 fully saturated rings. The minimum absolute atomic E-state index is 0.775. The van der Waals surface area contributed by atoms with Crippen LogP contribution in [0, 0.1) is 0 Å². The first kappa shape index (κ1) is 9.44. The zero-order valence-corrected chi connectivity index (χ0v) is 7.74. The number of nitrogens with zero attached hydrogens (tertiary/aromatic N) is 1. The molecule has 0 aromatic heterocycles. The van der Waals surface area contributed by atoms with Crippen LogP contribution in [0.3, 0.4) is 0 Å². The van der Waals surface area contributed by atoms with Crippen LogP contribution in [0.25, 0.3) is 0 Å². The van der Waals surface area contributed by atoms with Gasteiger partial charge in [0.1, 0.15) is 14.1 Å². The van der Waals surface area contributed by atoms with Gasteiger partial charge < -0.3 is 9.84 Å². The lowest BCUT2D eigenvalue weighted by atomic mass is 10.6. The van der Waals surface area contributed by atoms with Crippen molar-refractivity contribution in [1.82, 2.24) is 5.32 Å². The van der Waals surface area contributed by atoms with E-state index < -0.39 is 0 Å². The Morgan fingerprint density at radius 1 is 1.60 bits per heavy atom. The van der Waals surface area contributed by atoms with Gasteiger partial charge in [0.25, 0.3) is 0 Å². The summed E-state index contributed by atoms with van der Waals surface area (Å²) in [5.74, 6) is 0.775. The second-order valence-electron chi connectivity index (χ2n) is 2.05. The fraction of sp³-hybridized carbons (Fsp3) is 0.500. The molecule has 1 unspecified atom stereocenters.